The first-order valence-corrected chi connectivity index (χ1v) is 5.51. The molecule has 0 aliphatic carbocycles. The molecule has 98 valence electrons. The SMILES string of the molecule is O=[N+]([O-])c1ccc(Cl)cc1Oc1ncc(CO)cn1. The Morgan fingerprint density at radius 3 is 2.63 bits per heavy atom. The van der Waals surface area contributed by atoms with Gasteiger partial charge in [-0.25, -0.2) is 9.97 Å². The number of halogens is 1. The highest BCUT2D eigenvalue weighted by atomic mass is 35.5. The number of ether oxygens (including phenoxy) is 1. The lowest BCUT2D eigenvalue weighted by molar-refractivity contribution is -0.385. The zero-order valence-corrected chi connectivity index (χ0v) is 10.2. The van der Waals surface area contributed by atoms with Crippen molar-refractivity contribution in [3.63, 3.8) is 0 Å². The predicted octanol–water partition coefficient (Wildman–Crippen LogP) is 2.32. The number of rotatable bonds is 4. The molecule has 7 nitrogen and oxygen atoms in total. The first-order chi connectivity index (χ1) is 9.10. The second-order valence-corrected chi connectivity index (χ2v) is 3.94. The van der Waals surface area contributed by atoms with E-state index in [2.05, 4.69) is 9.97 Å². The van der Waals surface area contributed by atoms with Crippen molar-refractivity contribution in [2.75, 3.05) is 0 Å². The Morgan fingerprint density at radius 1 is 1.37 bits per heavy atom. The van der Waals surface area contributed by atoms with Crippen LogP contribution < -0.4 is 4.74 Å². The molecular formula is C11H8ClN3O4. The standard InChI is InChI=1S/C11H8ClN3O4/c12-8-1-2-9(15(17)18)10(3-8)19-11-13-4-7(6-16)5-14-11/h1-5,16H,6H2. The minimum Gasteiger partial charge on any atom is -0.417 e. The minimum atomic E-state index is -0.590. The third kappa shape index (κ3) is 3.15. The lowest BCUT2D eigenvalue weighted by Gasteiger charge is -2.05. The van der Waals surface area contributed by atoms with Gasteiger partial charge in [0.2, 0.25) is 5.75 Å². The number of nitro groups is 1. The maximum atomic E-state index is 10.8. The number of aromatic nitrogens is 2. The molecule has 0 aliphatic rings. The fourth-order valence-electron chi connectivity index (χ4n) is 1.30. The van der Waals surface area contributed by atoms with Crippen molar-refractivity contribution in [3.8, 4) is 11.8 Å². The Labute approximate surface area is 112 Å². The molecule has 0 amide bonds. The van der Waals surface area contributed by atoms with Crippen LogP contribution in [0, 0.1) is 10.1 Å². The first kappa shape index (κ1) is 13.2. The Morgan fingerprint density at radius 2 is 2.05 bits per heavy atom. The van der Waals surface area contributed by atoms with E-state index in [1.807, 2.05) is 0 Å². The Hall–Kier alpha value is -2.25. The van der Waals surface area contributed by atoms with E-state index in [0.29, 0.717) is 10.6 Å². The molecule has 1 heterocycles. The molecule has 0 aliphatic heterocycles. The smallest absolute Gasteiger partial charge is 0.322 e. The van der Waals surface area contributed by atoms with E-state index in [-0.39, 0.29) is 24.1 Å². The molecule has 1 aromatic heterocycles. The Bertz CT molecular complexity index is 603. The average molecular weight is 282 g/mol. The minimum absolute atomic E-state index is 0.0470. The molecule has 8 heteroatoms. The largest absolute Gasteiger partial charge is 0.417 e. The van der Waals surface area contributed by atoms with Gasteiger partial charge in [0.15, 0.2) is 0 Å². The maximum absolute atomic E-state index is 10.8. The van der Waals surface area contributed by atoms with Crippen molar-refractivity contribution in [2.24, 2.45) is 0 Å². The van der Waals surface area contributed by atoms with E-state index in [4.69, 9.17) is 21.4 Å². The van der Waals surface area contributed by atoms with Gasteiger partial charge in [0.05, 0.1) is 11.5 Å². The van der Waals surface area contributed by atoms with Crippen molar-refractivity contribution in [3.05, 3.63) is 51.3 Å². The van der Waals surface area contributed by atoms with E-state index in [9.17, 15) is 10.1 Å². The monoisotopic (exact) mass is 281 g/mol. The lowest BCUT2D eigenvalue weighted by atomic mass is 10.3. The number of benzene rings is 1. The van der Waals surface area contributed by atoms with Crippen LogP contribution >= 0.6 is 11.6 Å². The van der Waals surface area contributed by atoms with Crippen molar-refractivity contribution in [1.29, 1.82) is 0 Å². The summed E-state index contributed by atoms with van der Waals surface area (Å²) in [6.07, 6.45) is 2.72. The summed E-state index contributed by atoms with van der Waals surface area (Å²) >= 11 is 5.76. The van der Waals surface area contributed by atoms with Crippen LogP contribution in [-0.4, -0.2) is 20.0 Å². The van der Waals surface area contributed by atoms with Gasteiger partial charge < -0.3 is 9.84 Å². The third-order valence-electron chi connectivity index (χ3n) is 2.18. The molecule has 0 bridgehead atoms. The van der Waals surface area contributed by atoms with Crippen LogP contribution in [0.5, 0.6) is 11.8 Å². The van der Waals surface area contributed by atoms with Crippen molar-refractivity contribution in [2.45, 2.75) is 6.61 Å². The van der Waals surface area contributed by atoms with Gasteiger partial charge in [-0.05, 0) is 6.07 Å². The van der Waals surface area contributed by atoms with Crippen LogP contribution in [0.15, 0.2) is 30.6 Å². The summed E-state index contributed by atoms with van der Waals surface area (Å²) in [5, 5.41) is 20.0. The van der Waals surface area contributed by atoms with Crippen LogP contribution in [0.1, 0.15) is 5.56 Å². The van der Waals surface area contributed by atoms with Crippen LogP contribution in [0.2, 0.25) is 5.02 Å². The number of nitro benzene ring substituents is 1. The van der Waals surface area contributed by atoms with E-state index >= 15 is 0 Å². The van der Waals surface area contributed by atoms with Crippen molar-refractivity contribution in [1.82, 2.24) is 9.97 Å². The number of aliphatic hydroxyl groups excluding tert-OH is 1. The van der Waals surface area contributed by atoms with E-state index < -0.39 is 4.92 Å². The van der Waals surface area contributed by atoms with Crippen LogP contribution in [0.25, 0.3) is 0 Å². The van der Waals surface area contributed by atoms with Crippen LogP contribution in [-0.2, 0) is 6.61 Å². The molecule has 0 unspecified atom stereocenters. The predicted molar refractivity (Wildman–Crippen MR) is 66.1 cm³/mol. The van der Waals surface area contributed by atoms with E-state index in [1.54, 1.807) is 0 Å². The average Bonchev–Trinajstić information content (AvgIpc) is 2.39. The van der Waals surface area contributed by atoms with E-state index in [0.717, 1.165) is 0 Å². The molecule has 0 fully saturated rings. The van der Waals surface area contributed by atoms with Crippen LogP contribution in [0.3, 0.4) is 0 Å². The van der Waals surface area contributed by atoms with Gasteiger partial charge in [-0.3, -0.25) is 10.1 Å². The number of hydrogen-bond acceptors (Lipinski definition) is 6. The van der Waals surface area contributed by atoms with Gasteiger partial charge in [0, 0.05) is 35.1 Å². The molecule has 2 rings (SSSR count). The highest BCUT2D eigenvalue weighted by molar-refractivity contribution is 6.30. The summed E-state index contributed by atoms with van der Waals surface area (Å²) in [5.74, 6) is -0.0470. The Balaban J connectivity index is 2.31. The van der Waals surface area contributed by atoms with Gasteiger partial charge in [-0.1, -0.05) is 11.6 Å². The number of hydrogen-bond donors (Lipinski definition) is 1. The second-order valence-electron chi connectivity index (χ2n) is 3.50. The highest BCUT2D eigenvalue weighted by Crippen LogP contribution is 2.32. The van der Waals surface area contributed by atoms with Crippen LogP contribution in [0.4, 0.5) is 5.69 Å². The van der Waals surface area contributed by atoms with Gasteiger partial charge >= 0.3 is 11.7 Å². The number of nitrogens with zero attached hydrogens (tertiary/aromatic N) is 3. The van der Waals surface area contributed by atoms with Gasteiger partial charge in [-0.15, -0.1) is 0 Å². The summed E-state index contributed by atoms with van der Waals surface area (Å²) in [7, 11) is 0. The van der Waals surface area contributed by atoms with Crippen molar-refractivity contribution < 1.29 is 14.8 Å². The summed E-state index contributed by atoms with van der Waals surface area (Å²) in [6, 6.07) is 3.87. The highest BCUT2D eigenvalue weighted by Gasteiger charge is 2.17. The lowest BCUT2D eigenvalue weighted by Crippen LogP contribution is -1.97. The zero-order chi connectivity index (χ0) is 13.8. The molecule has 0 saturated heterocycles. The van der Waals surface area contributed by atoms with E-state index in [1.165, 1.54) is 30.6 Å². The summed E-state index contributed by atoms with van der Waals surface area (Å²) in [6.45, 7) is -0.197. The number of aliphatic hydroxyl groups is 1. The summed E-state index contributed by atoms with van der Waals surface area (Å²) in [4.78, 5) is 17.9. The molecule has 0 radical (unpaired) electrons. The first-order valence-electron chi connectivity index (χ1n) is 5.13. The normalized spacial score (nSPS) is 10.2. The topological polar surface area (TPSA) is 98.4 Å². The van der Waals surface area contributed by atoms with Gasteiger partial charge in [0.1, 0.15) is 0 Å². The molecule has 19 heavy (non-hydrogen) atoms. The fourth-order valence-corrected chi connectivity index (χ4v) is 1.46. The molecule has 1 aromatic carbocycles. The van der Waals surface area contributed by atoms with Gasteiger partial charge in [-0.2, -0.15) is 0 Å². The third-order valence-corrected chi connectivity index (χ3v) is 2.42. The summed E-state index contributed by atoms with van der Waals surface area (Å²) in [5.41, 5.74) is 0.271. The maximum Gasteiger partial charge on any atom is 0.322 e. The molecule has 0 atom stereocenters. The molecule has 1 N–H and O–H groups in total. The molecule has 2 aromatic rings. The zero-order valence-electron chi connectivity index (χ0n) is 9.49. The molecular weight excluding hydrogens is 274 g/mol. The quantitative estimate of drug-likeness (QED) is 0.682. The second kappa shape index (κ2) is 5.59. The molecule has 0 spiro atoms. The summed E-state index contributed by atoms with van der Waals surface area (Å²) < 4.78 is 5.22. The molecule has 0 saturated carbocycles. The van der Waals surface area contributed by atoms with Crippen molar-refractivity contribution >= 4 is 17.3 Å². The Kier molecular flexibility index (Phi) is 3.88. The van der Waals surface area contributed by atoms with Gasteiger partial charge in [0.25, 0.3) is 0 Å². The fraction of sp³-hybridized carbons (Fsp3) is 0.0909.